The molecule has 1 amide bonds. The van der Waals surface area contributed by atoms with Gasteiger partial charge >= 0.3 is 0 Å². The van der Waals surface area contributed by atoms with E-state index in [1.54, 1.807) is 23.6 Å². The Balaban J connectivity index is 1.71. The number of hydrogen-bond acceptors (Lipinski definition) is 6. The molecule has 1 N–H and O–H groups in total. The minimum absolute atomic E-state index is 0.121. The Morgan fingerprint density at radius 2 is 1.97 bits per heavy atom. The number of aromatic nitrogens is 1. The number of anilines is 1. The number of aliphatic hydroxyl groups excluding tert-OH is 1. The number of benzene rings is 2. The molecule has 1 atom stereocenters. The highest BCUT2D eigenvalue weighted by Crippen LogP contribution is 2.45. The summed E-state index contributed by atoms with van der Waals surface area (Å²) in [4.78, 5) is 32.5. The number of carbonyl (C=O) groups excluding carboxylic acids is 2. The molecule has 4 aromatic rings. The van der Waals surface area contributed by atoms with Gasteiger partial charge in [0, 0.05) is 5.56 Å². The number of thiophene rings is 1. The number of halogens is 1. The Bertz CT molecular complexity index is 1370. The molecule has 3 heterocycles. The second kappa shape index (κ2) is 7.40. The van der Waals surface area contributed by atoms with Gasteiger partial charge in [-0.15, -0.1) is 11.3 Å². The van der Waals surface area contributed by atoms with Crippen molar-refractivity contribution in [2.24, 2.45) is 0 Å². The molecular formula is C23H15FN2O3S2. The van der Waals surface area contributed by atoms with Gasteiger partial charge in [-0.25, -0.2) is 9.37 Å². The van der Waals surface area contributed by atoms with Crippen molar-refractivity contribution in [3.05, 3.63) is 93.1 Å². The molecule has 5 rings (SSSR count). The van der Waals surface area contributed by atoms with E-state index in [4.69, 9.17) is 0 Å². The van der Waals surface area contributed by atoms with Crippen LogP contribution in [0.4, 0.5) is 9.52 Å². The maximum Gasteiger partial charge on any atom is 0.296 e. The lowest BCUT2D eigenvalue weighted by atomic mass is 9.95. The van der Waals surface area contributed by atoms with Gasteiger partial charge in [-0.3, -0.25) is 14.5 Å². The van der Waals surface area contributed by atoms with Crippen LogP contribution in [0.15, 0.2) is 71.3 Å². The van der Waals surface area contributed by atoms with E-state index in [2.05, 4.69) is 4.98 Å². The van der Waals surface area contributed by atoms with Gasteiger partial charge in [0.05, 0.1) is 20.7 Å². The summed E-state index contributed by atoms with van der Waals surface area (Å²) in [5.41, 5.74) is 1.70. The number of hydrogen-bond donors (Lipinski definition) is 1. The topological polar surface area (TPSA) is 70.5 Å². The molecule has 2 aromatic carbocycles. The highest BCUT2D eigenvalue weighted by Gasteiger charge is 2.46. The van der Waals surface area contributed by atoms with Crippen LogP contribution in [0, 0.1) is 12.7 Å². The number of amides is 1. The molecule has 2 aromatic heterocycles. The van der Waals surface area contributed by atoms with Gasteiger partial charge in [0.15, 0.2) is 10.9 Å². The fourth-order valence-corrected chi connectivity index (χ4v) is 5.46. The first-order valence-corrected chi connectivity index (χ1v) is 11.1. The van der Waals surface area contributed by atoms with Crippen molar-refractivity contribution < 1.29 is 19.1 Å². The molecule has 0 spiro atoms. The monoisotopic (exact) mass is 450 g/mol. The lowest BCUT2D eigenvalue weighted by Crippen LogP contribution is -2.31. The predicted molar refractivity (Wildman–Crippen MR) is 119 cm³/mol. The van der Waals surface area contributed by atoms with E-state index in [-0.39, 0.29) is 11.1 Å². The summed E-state index contributed by atoms with van der Waals surface area (Å²) in [6, 6.07) is 13.8. The molecule has 0 unspecified atom stereocenters. The van der Waals surface area contributed by atoms with Crippen LogP contribution >= 0.6 is 22.7 Å². The van der Waals surface area contributed by atoms with Crippen LogP contribution in [-0.2, 0) is 4.79 Å². The fraction of sp³-hybridized carbons (Fsp3) is 0.0870. The second-order valence-corrected chi connectivity index (χ2v) is 9.09. The minimum Gasteiger partial charge on any atom is -0.503 e. The van der Waals surface area contributed by atoms with Gasteiger partial charge in [0.25, 0.3) is 5.91 Å². The maximum absolute atomic E-state index is 14.9. The molecular weight excluding hydrogens is 435 g/mol. The van der Waals surface area contributed by atoms with Crippen LogP contribution in [0.1, 0.15) is 26.8 Å². The Labute approximate surface area is 184 Å². The van der Waals surface area contributed by atoms with E-state index in [0.29, 0.717) is 15.5 Å². The molecule has 1 aliphatic rings. The third-order valence-electron chi connectivity index (χ3n) is 5.14. The van der Waals surface area contributed by atoms with Crippen LogP contribution < -0.4 is 4.90 Å². The summed E-state index contributed by atoms with van der Waals surface area (Å²) >= 11 is 2.45. The number of Topliss-reactive ketones (excluding diaryl/α,β-unsaturated/α-hetero) is 1. The van der Waals surface area contributed by atoms with Gasteiger partial charge in [0.2, 0.25) is 5.78 Å². The molecule has 0 radical (unpaired) electrons. The highest BCUT2D eigenvalue weighted by molar-refractivity contribution is 7.22. The Hall–Kier alpha value is -3.36. The first-order valence-electron chi connectivity index (χ1n) is 9.42. The molecule has 5 nitrogen and oxygen atoms in total. The highest BCUT2D eigenvalue weighted by atomic mass is 32.1. The van der Waals surface area contributed by atoms with E-state index in [0.717, 1.165) is 10.3 Å². The van der Waals surface area contributed by atoms with Crippen LogP contribution in [0.2, 0.25) is 0 Å². The van der Waals surface area contributed by atoms with Gasteiger partial charge in [-0.1, -0.05) is 41.7 Å². The van der Waals surface area contributed by atoms with E-state index in [9.17, 15) is 19.1 Å². The molecule has 154 valence electrons. The molecule has 0 saturated heterocycles. The molecule has 0 fully saturated rings. The van der Waals surface area contributed by atoms with E-state index in [1.165, 1.54) is 45.8 Å². The smallest absolute Gasteiger partial charge is 0.296 e. The largest absolute Gasteiger partial charge is 0.503 e. The number of carbonyl (C=O) groups is 2. The van der Waals surface area contributed by atoms with Crippen molar-refractivity contribution in [2.75, 3.05) is 4.90 Å². The van der Waals surface area contributed by atoms with E-state index in [1.807, 2.05) is 25.1 Å². The zero-order valence-electron chi connectivity index (χ0n) is 16.2. The second-order valence-electron chi connectivity index (χ2n) is 7.14. The SMILES string of the molecule is Cc1ccc2nc(N3C(=O)C(O)=C(C(=O)c4cccs4)[C@H]3c3ccccc3F)sc2c1. The van der Waals surface area contributed by atoms with E-state index < -0.39 is 29.3 Å². The average molecular weight is 451 g/mol. The van der Waals surface area contributed by atoms with Crippen molar-refractivity contribution in [3.63, 3.8) is 0 Å². The van der Waals surface area contributed by atoms with Crippen molar-refractivity contribution in [1.29, 1.82) is 0 Å². The van der Waals surface area contributed by atoms with Crippen LogP contribution in [0.3, 0.4) is 0 Å². The fourth-order valence-electron chi connectivity index (χ4n) is 3.69. The quantitative estimate of drug-likeness (QED) is 0.412. The Morgan fingerprint density at radius 3 is 2.71 bits per heavy atom. The van der Waals surface area contributed by atoms with Gasteiger partial charge in [-0.2, -0.15) is 0 Å². The number of fused-ring (bicyclic) bond motifs is 1. The number of ketones is 1. The summed E-state index contributed by atoms with van der Waals surface area (Å²) in [7, 11) is 0. The lowest BCUT2D eigenvalue weighted by molar-refractivity contribution is -0.117. The summed E-state index contributed by atoms with van der Waals surface area (Å²) < 4.78 is 15.7. The zero-order valence-corrected chi connectivity index (χ0v) is 17.8. The van der Waals surface area contributed by atoms with Crippen molar-refractivity contribution in [1.82, 2.24) is 4.98 Å². The molecule has 31 heavy (non-hydrogen) atoms. The Morgan fingerprint density at radius 1 is 1.16 bits per heavy atom. The van der Waals surface area contributed by atoms with E-state index >= 15 is 0 Å². The summed E-state index contributed by atoms with van der Waals surface area (Å²) in [5.74, 6) is -2.53. The summed E-state index contributed by atoms with van der Waals surface area (Å²) in [6.45, 7) is 1.95. The van der Waals surface area contributed by atoms with Gasteiger partial charge < -0.3 is 5.11 Å². The first-order chi connectivity index (χ1) is 15.0. The zero-order chi connectivity index (χ0) is 21.7. The number of aryl methyl sites for hydroxylation is 1. The third-order valence-corrected chi connectivity index (χ3v) is 7.02. The van der Waals surface area contributed by atoms with Gasteiger partial charge in [-0.05, 0) is 42.1 Å². The van der Waals surface area contributed by atoms with Crippen molar-refractivity contribution in [3.8, 4) is 0 Å². The van der Waals surface area contributed by atoms with Gasteiger partial charge in [0.1, 0.15) is 11.9 Å². The summed E-state index contributed by atoms with van der Waals surface area (Å²) in [5, 5.41) is 12.7. The maximum atomic E-state index is 14.9. The molecule has 8 heteroatoms. The number of aliphatic hydroxyl groups is 1. The molecule has 0 aliphatic carbocycles. The molecule has 0 bridgehead atoms. The number of nitrogens with zero attached hydrogens (tertiary/aromatic N) is 2. The van der Waals surface area contributed by atoms with Crippen molar-refractivity contribution >= 4 is 49.7 Å². The first kappa shape index (κ1) is 19.6. The minimum atomic E-state index is -1.12. The third kappa shape index (κ3) is 3.15. The Kier molecular flexibility index (Phi) is 4.68. The molecule has 0 saturated carbocycles. The number of thiazole rings is 1. The van der Waals surface area contributed by atoms with Crippen LogP contribution in [-0.4, -0.2) is 21.8 Å². The standard InChI is InChI=1S/C23H15FN2O3S2/c1-12-8-9-15-17(11-12)31-23(25-15)26-19(13-5-2-3-6-14(13)24)18(21(28)22(26)29)20(27)16-7-4-10-30-16/h2-11,19,28H,1H3/t19-/m1/s1. The molecule has 1 aliphatic heterocycles. The normalized spacial score (nSPS) is 16.5. The van der Waals surface area contributed by atoms with Crippen molar-refractivity contribution in [2.45, 2.75) is 13.0 Å². The summed E-state index contributed by atoms with van der Waals surface area (Å²) in [6.07, 6.45) is 0. The predicted octanol–water partition coefficient (Wildman–Crippen LogP) is 5.59. The lowest BCUT2D eigenvalue weighted by Gasteiger charge is -2.24. The average Bonchev–Trinajstić information content (AvgIpc) is 3.47. The van der Waals surface area contributed by atoms with Crippen LogP contribution in [0.5, 0.6) is 0 Å². The number of rotatable bonds is 4. The van der Waals surface area contributed by atoms with Crippen LogP contribution in [0.25, 0.3) is 10.2 Å².